The third kappa shape index (κ3) is 4.44. The van der Waals surface area contributed by atoms with Crippen molar-refractivity contribution in [2.24, 2.45) is 0 Å². The van der Waals surface area contributed by atoms with E-state index in [0.717, 1.165) is 0 Å². The van der Waals surface area contributed by atoms with Gasteiger partial charge in [0.1, 0.15) is 0 Å². The lowest BCUT2D eigenvalue weighted by atomic mass is 9.99. The van der Waals surface area contributed by atoms with Crippen molar-refractivity contribution < 1.29 is 31.0 Å². The molecule has 0 heterocycles. The maximum absolute atomic E-state index is 13.4. The zero-order chi connectivity index (χ0) is 29.9. The van der Waals surface area contributed by atoms with Crippen molar-refractivity contribution in [3.8, 4) is 0 Å². The van der Waals surface area contributed by atoms with E-state index in [1.807, 2.05) is 0 Å². The highest BCUT2D eigenvalue weighted by Crippen LogP contribution is 2.29. The molecule has 0 fully saturated rings. The summed E-state index contributed by atoms with van der Waals surface area (Å²) in [6, 6.07) is -9.77. The van der Waals surface area contributed by atoms with Gasteiger partial charge in [-0.1, -0.05) is 60.4 Å². The first-order chi connectivity index (χ1) is 17.7. The van der Waals surface area contributed by atoms with Crippen molar-refractivity contribution >= 4 is 10.8 Å². The maximum Gasteiger partial charge on any atom is 0.416 e. The second kappa shape index (κ2) is 7.92. The van der Waals surface area contributed by atoms with Crippen LogP contribution in [-0.4, -0.2) is 6.54 Å². The van der Waals surface area contributed by atoms with Gasteiger partial charge in [0.15, 0.2) is 0 Å². The third-order valence-electron chi connectivity index (χ3n) is 3.57. The van der Waals surface area contributed by atoms with Gasteiger partial charge in [-0.3, -0.25) is 0 Å². The molecule has 0 radical (unpaired) electrons. The smallest absolute Gasteiger partial charge is 0.310 e. The number of hydrogen-bond acceptors (Lipinski definition) is 1. The lowest BCUT2D eigenvalue weighted by molar-refractivity contribution is -0.137. The van der Waals surface area contributed by atoms with Crippen LogP contribution in [0.3, 0.4) is 0 Å². The molecule has 0 amide bonds. The molecular formula is C22H22F3N. The van der Waals surface area contributed by atoms with Crippen LogP contribution >= 0.6 is 0 Å². The average Bonchev–Trinajstić information content (AvgIpc) is 2.83. The highest BCUT2D eigenvalue weighted by atomic mass is 19.4. The Labute approximate surface area is 170 Å². The van der Waals surface area contributed by atoms with Gasteiger partial charge in [0, 0.05) is 8.78 Å². The molecular weight excluding hydrogens is 335 g/mol. The van der Waals surface area contributed by atoms with Crippen molar-refractivity contribution in [2.75, 3.05) is 6.54 Å². The second-order valence-corrected chi connectivity index (χ2v) is 5.42. The van der Waals surface area contributed by atoms with Crippen LogP contribution in [0.15, 0.2) is 66.5 Å². The summed E-state index contributed by atoms with van der Waals surface area (Å²) in [5.74, 6) is 0. The normalized spacial score (nSPS) is 20.7. The first-order valence-electron chi connectivity index (χ1n) is 14.1. The molecule has 0 bridgehead atoms. The first-order valence-corrected chi connectivity index (χ1v) is 7.64. The fourth-order valence-electron chi connectivity index (χ4n) is 2.28. The molecule has 0 aliphatic rings. The summed E-state index contributed by atoms with van der Waals surface area (Å²) in [7, 11) is 0. The van der Waals surface area contributed by atoms with E-state index in [2.05, 4.69) is 5.32 Å². The Morgan fingerprint density at radius 1 is 1.04 bits per heavy atom. The van der Waals surface area contributed by atoms with Crippen LogP contribution < -0.4 is 5.32 Å². The van der Waals surface area contributed by atoms with Gasteiger partial charge in [-0.15, -0.1) is 0 Å². The molecule has 4 heteroatoms. The van der Waals surface area contributed by atoms with E-state index in [1.54, 1.807) is 0 Å². The minimum Gasteiger partial charge on any atom is -0.310 e. The first kappa shape index (κ1) is 8.13. The molecule has 1 N–H and O–H groups in total. The third-order valence-corrected chi connectivity index (χ3v) is 3.57. The summed E-state index contributed by atoms with van der Waals surface area (Å²) in [6.45, 7) is 0.782. The van der Waals surface area contributed by atoms with Crippen LogP contribution in [0, 0.1) is 0 Å². The highest BCUT2D eigenvalue weighted by Gasteiger charge is 2.30. The molecule has 3 aromatic carbocycles. The fraction of sp³-hybridized carbons (Fsp3) is 0.273. The van der Waals surface area contributed by atoms with Crippen molar-refractivity contribution in [1.82, 2.24) is 5.32 Å². The average molecular weight is 370 g/mol. The molecule has 1 atom stereocenters. The molecule has 0 unspecified atom stereocenters. The summed E-state index contributed by atoms with van der Waals surface area (Å²) in [5.41, 5.74) is -2.56. The number of halogens is 3. The molecule has 26 heavy (non-hydrogen) atoms. The maximum atomic E-state index is 13.4. The zero-order valence-corrected chi connectivity index (χ0v) is 13.6. The zero-order valence-electron chi connectivity index (χ0n) is 26.6. The van der Waals surface area contributed by atoms with E-state index in [4.69, 9.17) is 17.8 Å². The van der Waals surface area contributed by atoms with Crippen molar-refractivity contribution in [2.45, 2.75) is 31.9 Å². The molecule has 3 rings (SSSR count). The number of nitrogens with one attached hydrogen (secondary N) is 1. The lowest BCUT2D eigenvalue weighted by Crippen LogP contribution is -2.20. The van der Waals surface area contributed by atoms with Crippen molar-refractivity contribution in [3.05, 3.63) is 83.2 Å². The largest absolute Gasteiger partial charge is 0.416 e. The molecule has 0 saturated carbocycles. The van der Waals surface area contributed by atoms with E-state index >= 15 is 0 Å². The molecule has 0 aromatic heterocycles. The summed E-state index contributed by atoms with van der Waals surface area (Å²) in [5, 5.41) is 2.22. The van der Waals surface area contributed by atoms with Gasteiger partial charge in [-0.2, -0.15) is 13.2 Å². The predicted octanol–water partition coefficient (Wildman–Crippen LogP) is 6.14. The fourth-order valence-corrected chi connectivity index (χ4v) is 2.28. The number of benzene rings is 3. The monoisotopic (exact) mass is 370 g/mol. The Balaban J connectivity index is 2.04. The highest BCUT2D eigenvalue weighted by molar-refractivity contribution is 5.86. The van der Waals surface area contributed by atoms with Gasteiger partial charge in [-0.05, 0) is 54.2 Å². The minimum absolute atomic E-state index is 0.109. The minimum atomic E-state index is -5.17. The lowest BCUT2D eigenvalue weighted by Gasteiger charge is -2.17. The Bertz CT molecular complexity index is 1480. The Kier molecular flexibility index (Phi) is 2.48. The topological polar surface area (TPSA) is 12.0 Å². The molecule has 0 saturated heterocycles. The standard InChI is InChI=1S/C22H22F3N/c1-16(20-13-5-10-18-9-2-3-12-21(18)20)26-14-6-8-17-7-4-11-19(15-17)22(23,24)25/h2-5,7,9-13,15-16,26H,6,8,14H2,1H3/t16-/m1/s1/i2D,3D,4D,5D,6D2,7D,9D,10D,11D,12D,13D,15D. The van der Waals surface area contributed by atoms with Gasteiger partial charge >= 0.3 is 6.18 Å². The number of fused-ring (bicyclic) bond motifs is 1. The van der Waals surface area contributed by atoms with Crippen LogP contribution in [0.4, 0.5) is 13.2 Å². The quantitative estimate of drug-likeness (QED) is 0.549. The van der Waals surface area contributed by atoms with Crippen LogP contribution in [0.2, 0.25) is 0 Å². The van der Waals surface area contributed by atoms with Gasteiger partial charge in [0.2, 0.25) is 0 Å². The van der Waals surface area contributed by atoms with E-state index in [1.165, 1.54) is 6.92 Å². The van der Waals surface area contributed by atoms with Crippen LogP contribution in [0.1, 0.15) is 53.8 Å². The van der Waals surface area contributed by atoms with Crippen molar-refractivity contribution in [1.29, 1.82) is 0 Å². The van der Waals surface area contributed by atoms with Gasteiger partial charge < -0.3 is 5.32 Å². The van der Waals surface area contributed by atoms with Gasteiger partial charge in [0.25, 0.3) is 0 Å². The summed E-state index contributed by atoms with van der Waals surface area (Å²) < 4.78 is 145. The van der Waals surface area contributed by atoms with E-state index < -0.39 is 109 Å². The summed E-state index contributed by atoms with van der Waals surface area (Å²) in [4.78, 5) is 0. The Morgan fingerprint density at radius 2 is 1.77 bits per heavy atom. The van der Waals surface area contributed by atoms with E-state index in [9.17, 15) is 13.2 Å². The molecule has 1 nitrogen and oxygen atoms in total. The van der Waals surface area contributed by atoms with Gasteiger partial charge in [-0.25, -0.2) is 0 Å². The summed E-state index contributed by atoms with van der Waals surface area (Å²) >= 11 is 0. The second-order valence-electron chi connectivity index (χ2n) is 5.42. The van der Waals surface area contributed by atoms with Gasteiger partial charge in [0.05, 0.1) is 20.6 Å². The number of rotatable bonds is 6. The molecule has 3 aromatic rings. The Morgan fingerprint density at radius 3 is 2.58 bits per heavy atom. The number of hydrogen-bond donors (Lipinski definition) is 1. The Hall–Kier alpha value is -2.33. The molecule has 136 valence electrons. The van der Waals surface area contributed by atoms with Crippen LogP contribution in [0.5, 0.6) is 0 Å². The summed E-state index contributed by atoms with van der Waals surface area (Å²) in [6.07, 6.45) is -8.49. The molecule has 0 spiro atoms. The van der Waals surface area contributed by atoms with Crippen LogP contribution in [0.25, 0.3) is 10.8 Å². The van der Waals surface area contributed by atoms with Crippen molar-refractivity contribution in [3.63, 3.8) is 0 Å². The molecule has 0 aliphatic heterocycles. The van der Waals surface area contributed by atoms with Crippen LogP contribution in [-0.2, 0) is 12.6 Å². The SMILES string of the molecule is [2H]c1c([2H])c(CC([2H])([2H])CN[C@H](C)c2c([2H])c([2H])c([2H])c3c([2H])c([2H])c([2H])c([2H])c23)c([2H])c(C(F)(F)F)c1[2H]. The molecule has 0 aliphatic carbocycles. The van der Waals surface area contributed by atoms with E-state index in [0.29, 0.717) is 0 Å². The van der Waals surface area contributed by atoms with E-state index in [-0.39, 0.29) is 16.3 Å². The number of alkyl halides is 3. The predicted molar refractivity (Wildman–Crippen MR) is 100 cm³/mol.